The third kappa shape index (κ3) is 5.08. The van der Waals surface area contributed by atoms with Crippen LogP contribution in [0.25, 0.3) is 0 Å². The average molecular weight is 391 g/mol. The predicted octanol–water partition coefficient (Wildman–Crippen LogP) is 4.73. The third-order valence-corrected chi connectivity index (χ3v) is 4.42. The van der Waals surface area contributed by atoms with E-state index in [0.717, 1.165) is 16.8 Å². The van der Waals surface area contributed by atoms with Crippen LogP contribution in [0.1, 0.15) is 21.5 Å². The third-order valence-electron chi connectivity index (χ3n) is 4.22. The van der Waals surface area contributed by atoms with Crippen molar-refractivity contribution in [2.45, 2.75) is 13.8 Å². The lowest BCUT2D eigenvalue weighted by Crippen LogP contribution is -2.43. The van der Waals surface area contributed by atoms with Crippen molar-refractivity contribution >= 4 is 28.9 Å². The summed E-state index contributed by atoms with van der Waals surface area (Å²) in [7, 11) is 0. The number of hydrogen-bond acceptors (Lipinski definition) is 3. The van der Waals surface area contributed by atoms with Gasteiger partial charge in [0.15, 0.2) is 5.11 Å². The summed E-state index contributed by atoms with van der Waals surface area (Å²) in [5.74, 6) is 0.968. The first kappa shape index (κ1) is 19.4. The quantitative estimate of drug-likeness (QED) is 0.443. The number of thiocarbonyl (C=S) groups is 1. The van der Waals surface area contributed by atoms with E-state index in [9.17, 15) is 4.79 Å². The topological polar surface area (TPSA) is 62.4 Å². The molecule has 0 spiro atoms. The molecule has 0 atom stereocenters. The summed E-state index contributed by atoms with van der Waals surface area (Å²) in [6.45, 7) is 4.04. The average Bonchev–Trinajstić information content (AvgIpc) is 2.70. The van der Waals surface area contributed by atoms with E-state index in [1.807, 2.05) is 62.4 Å². The standard InChI is InChI=1S/C22H21N3O2S/c1-15-8-6-13-20(16(15)2)23-22(28)25-24-21(26)17-9-7-12-19(14-17)27-18-10-4-3-5-11-18/h3-14H,1-2H3,(H,24,26)(H2,23,25,28). The molecule has 3 aromatic rings. The number of hydrazine groups is 1. The number of carbonyl (C=O) groups is 1. The maximum Gasteiger partial charge on any atom is 0.269 e. The zero-order valence-electron chi connectivity index (χ0n) is 15.7. The second-order valence-electron chi connectivity index (χ2n) is 6.22. The van der Waals surface area contributed by atoms with Crippen LogP contribution in [0.5, 0.6) is 11.5 Å². The van der Waals surface area contributed by atoms with Crippen LogP contribution < -0.4 is 20.9 Å². The number of benzene rings is 3. The summed E-state index contributed by atoms with van der Waals surface area (Å²) in [4.78, 5) is 12.4. The summed E-state index contributed by atoms with van der Waals surface area (Å²) in [6.07, 6.45) is 0. The number of anilines is 1. The smallest absolute Gasteiger partial charge is 0.269 e. The zero-order chi connectivity index (χ0) is 19.9. The van der Waals surface area contributed by atoms with E-state index in [1.54, 1.807) is 24.3 Å². The molecular formula is C22H21N3O2S. The minimum absolute atomic E-state index is 0.304. The van der Waals surface area contributed by atoms with Crippen LogP contribution >= 0.6 is 12.2 Å². The van der Waals surface area contributed by atoms with Crippen LogP contribution in [0.15, 0.2) is 72.8 Å². The number of rotatable bonds is 4. The number of carbonyl (C=O) groups excluding carboxylic acids is 1. The Hall–Kier alpha value is -3.38. The first-order chi connectivity index (χ1) is 13.5. The molecule has 3 rings (SSSR count). The van der Waals surface area contributed by atoms with E-state index < -0.39 is 0 Å². The first-order valence-corrected chi connectivity index (χ1v) is 9.20. The molecule has 0 aliphatic heterocycles. The van der Waals surface area contributed by atoms with E-state index in [4.69, 9.17) is 17.0 Å². The molecular weight excluding hydrogens is 370 g/mol. The number of amides is 1. The Morgan fingerprint density at radius 1 is 0.857 bits per heavy atom. The fourth-order valence-corrected chi connectivity index (χ4v) is 2.71. The van der Waals surface area contributed by atoms with Crippen molar-refractivity contribution < 1.29 is 9.53 Å². The predicted molar refractivity (Wildman–Crippen MR) is 116 cm³/mol. The Kier molecular flexibility index (Phi) is 6.24. The van der Waals surface area contributed by atoms with Crippen LogP contribution in [0.2, 0.25) is 0 Å². The van der Waals surface area contributed by atoms with Crippen LogP contribution in [-0.4, -0.2) is 11.0 Å². The maximum atomic E-state index is 12.4. The van der Waals surface area contributed by atoms with Gasteiger partial charge in [-0.1, -0.05) is 36.4 Å². The van der Waals surface area contributed by atoms with Crippen molar-refractivity contribution in [2.75, 3.05) is 5.32 Å². The summed E-state index contributed by atoms with van der Waals surface area (Å²) < 4.78 is 5.76. The van der Waals surface area contributed by atoms with E-state index in [1.165, 1.54) is 0 Å². The zero-order valence-corrected chi connectivity index (χ0v) is 16.5. The SMILES string of the molecule is Cc1cccc(NC(=S)NNC(=O)c2cccc(Oc3ccccc3)c2)c1C. The van der Waals surface area contributed by atoms with Crippen LogP contribution in [-0.2, 0) is 0 Å². The maximum absolute atomic E-state index is 12.4. The molecule has 0 aromatic heterocycles. The van der Waals surface area contributed by atoms with Gasteiger partial charge >= 0.3 is 0 Å². The van der Waals surface area contributed by atoms with Gasteiger partial charge in [-0.25, -0.2) is 0 Å². The molecule has 0 fully saturated rings. The summed E-state index contributed by atoms with van der Waals surface area (Å²) >= 11 is 5.26. The van der Waals surface area contributed by atoms with E-state index in [-0.39, 0.29) is 5.91 Å². The second-order valence-corrected chi connectivity index (χ2v) is 6.63. The highest BCUT2D eigenvalue weighted by Gasteiger charge is 2.08. The molecule has 0 aliphatic rings. The largest absolute Gasteiger partial charge is 0.457 e. The molecule has 0 heterocycles. The second kappa shape index (κ2) is 9.01. The van der Waals surface area contributed by atoms with Crippen LogP contribution in [0.4, 0.5) is 5.69 Å². The van der Waals surface area contributed by atoms with Crippen LogP contribution in [0, 0.1) is 13.8 Å². The van der Waals surface area contributed by atoms with Gasteiger partial charge in [0.05, 0.1) is 0 Å². The fourth-order valence-electron chi connectivity index (χ4n) is 2.55. The van der Waals surface area contributed by atoms with Crippen molar-refractivity contribution in [1.29, 1.82) is 0 Å². The Morgan fingerprint density at radius 2 is 1.57 bits per heavy atom. The highest BCUT2D eigenvalue weighted by atomic mass is 32.1. The Bertz CT molecular complexity index is 990. The molecule has 3 aromatic carbocycles. The van der Waals surface area contributed by atoms with Gasteiger partial charge < -0.3 is 10.1 Å². The molecule has 1 amide bonds. The van der Waals surface area contributed by atoms with Gasteiger partial charge in [0.2, 0.25) is 0 Å². The number of hydrogen-bond donors (Lipinski definition) is 3. The number of nitrogens with one attached hydrogen (secondary N) is 3. The lowest BCUT2D eigenvalue weighted by molar-refractivity contribution is 0.0944. The number of aryl methyl sites for hydroxylation is 1. The van der Waals surface area contributed by atoms with E-state index in [0.29, 0.717) is 22.2 Å². The van der Waals surface area contributed by atoms with Crippen molar-refractivity contribution in [1.82, 2.24) is 10.9 Å². The van der Waals surface area contributed by atoms with Gasteiger partial charge in [0.1, 0.15) is 11.5 Å². The van der Waals surface area contributed by atoms with Gasteiger partial charge in [-0.3, -0.25) is 15.6 Å². The lowest BCUT2D eigenvalue weighted by Gasteiger charge is -2.14. The highest BCUT2D eigenvalue weighted by Crippen LogP contribution is 2.21. The van der Waals surface area contributed by atoms with Crippen molar-refractivity contribution in [3.8, 4) is 11.5 Å². The molecule has 3 N–H and O–H groups in total. The lowest BCUT2D eigenvalue weighted by atomic mass is 10.1. The molecule has 0 radical (unpaired) electrons. The summed E-state index contributed by atoms with van der Waals surface area (Å²) in [5, 5.41) is 3.39. The Morgan fingerprint density at radius 3 is 2.36 bits per heavy atom. The molecule has 5 nitrogen and oxygen atoms in total. The van der Waals surface area contributed by atoms with Crippen molar-refractivity contribution in [2.24, 2.45) is 0 Å². The number of ether oxygens (including phenoxy) is 1. The fraction of sp³-hybridized carbons (Fsp3) is 0.0909. The summed E-state index contributed by atoms with van der Waals surface area (Å²) in [6, 6.07) is 22.2. The molecule has 0 bridgehead atoms. The van der Waals surface area contributed by atoms with Crippen LogP contribution in [0.3, 0.4) is 0 Å². The number of para-hydroxylation sites is 1. The van der Waals surface area contributed by atoms with Gasteiger partial charge in [-0.15, -0.1) is 0 Å². The van der Waals surface area contributed by atoms with E-state index in [2.05, 4.69) is 16.2 Å². The van der Waals surface area contributed by atoms with Gasteiger partial charge in [0.25, 0.3) is 5.91 Å². The Balaban J connectivity index is 1.58. The molecule has 0 aliphatic carbocycles. The van der Waals surface area contributed by atoms with Gasteiger partial charge in [-0.2, -0.15) is 0 Å². The normalized spacial score (nSPS) is 10.1. The molecule has 0 saturated carbocycles. The van der Waals surface area contributed by atoms with Gasteiger partial charge in [-0.05, 0) is 73.6 Å². The minimum Gasteiger partial charge on any atom is -0.457 e. The van der Waals surface area contributed by atoms with Crippen molar-refractivity contribution in [3.63, 3.8) is 0 Å². The van der Waals surface area contributed by atoms with Crippen molar-refractivity contribution in [3.05, 3.63) is 89.5 Å². The highest BCUT2D eigenvalue weighted by molar-refractivity contribution is 7.80. The molecule has 6 heteroatoms. The minimum atomic E-state index is -0.316. The monoisotopic (exact) mass is 391 g/mol. The summed E-state index contributed by atoms with van der Waals surface area (Å²) in [5.41, 5.74) is 8.93. The molecule has 0 saturated heterocycles. The Labute approximate surface area is 169 Å². The first-order valence-electron chi connectivity index (χ1n) is 8.79. The van der Waals surface area contributed by atoms with Gasteiger partial charge in [0, 0.05) is 11.3 Å². The molecule has 0 unspecified atom stereocenters. The molecule has 28 heavy (non-hydrogen) atoms. The molecule has 142 valence electrons. The van der Waals surface area contributed by atoms with E-state index >= 15 is 0 Å².